The Kier molecular flexibility index (Phi) is 6.69. The highest BCUT2D eigenvalue weighted by Gasteiger charge is 2.33. The number of piperidine rings is 1. The van der Waals surface area contributed by atoms with Crippen LogP contribution in [0, 0.1) is 19.8 Å². The number of amides is 1. The number of likely N-dealkylation sites (tertiary alicyclic amines) is 1. The van der Waals surface area contributed by atoms with E-state index >= 15 is 0 Å². The quantitative estimate of drug-likeness (QED) is 0.821. The van der Waals surface area contributed by atoms with Crippen LogP contribution in [0.1, 0.15) is 44.2 Å². The van der Waals surface area contributed by atoms with Crippen LogP contribution in [0.15, 0.2) is 17.0 Å². The van der Waals surface area contributed by atoms with E-state index in [1.54, 1.807) is 17.0 Å². The molecule has 2 rings (SSSR count). The first-order valence-corrected chi connectivity index (χ1v) is 10.6. The minimum Gasteiger partial charge on any atom is -0.495 e. The third-order valence-electron chi connectivity index (χ3n) is 4.95. The molecule has 1 amide bonds. The van der Waals surface area contributed by atoms with E-state index in [1.165, 1.54) is 7.11 Å². The molecule has 0 aromatic heterocycles. The SMILES string of the molecule is COc1cc(C)c(C)cc1S(=O)(=O)N[C@H](C(=O)N1CCCCC1)C(C)C. The largest absolute Gasteiger partial charge is 0.495 e. The summed E-state index contributed by atoms with van der Waals surface area (Å²) in [5.41, 5.74) is 1.81. The Bertz CT molecular complexity index is 753. The van der Waals surface area contributed by atoms with Gasteiger partial charge in [-0.3, -0.25) is 4.79 Å². The first kappa shape index (κ1) is 20.7. The highest BCUT2D eigenvalue weighted by molar-refractivity contribution is 7.89. The third kappa shape index (κ3) is 4.57. The van der Waals surface area contributed by atoms with E-state index < -0.39 is 16.1 Å². The zero-order chi connectivity index (χ0) is 19.5. The maximum absolute atomic E-state index is 13.0. The Balaban J connectivity index is 2.32. The number of carbonyl (C=O) groups excluding carboxylic acids is 1. The number of methoxy groups -OCH3 is 1. The molecule has 0 aliphatic carbocycles. The summed E-state index contributed by atoms with van der Waals surface area (Å²) in [6, 6.07) is 2.52. The van der Waals surface area contributed by atoms with Gasteiger partial charge in [0, 0.05) is 13.1 Å². The van der Waals surface area contributed by atoms with Gasteiger partial charge in [-0.2, -0.15) is 4.72 Å². The maximum Gasteiger partial charge on any atom is 0.244 e. The van der Waals surface area contributed by atoms with Gasteiger partial charge in [-0.05, 0) is 62.3 Å². The van der Waals surface area contributed by atoms with Gasteiger partial charge in [0.1, 0.15) is 16.7 Å². The van der Waals surface area contributed by atoms with Crippen LogP contribution in [0.3, 0.4) is 0 Å². The number of benzene rings is 1. The van der Waals surface area contributed by atoms with Crippen molar-refractivity contribution in [2.75, 3.05) is 20.2 Å². The number of carbonyl (C=O) groups is 1. The van der Waals surface area contributed by atoms with Crippen LogP contribution in [0.2, 0.25) is 0 Å². The van der Waals surface area contributed by atoms with Gasteiger partial charge in [0.05, 0.1) is 7.11 Å². The van der Waals surface area contributed by atoms with Crippen molar-refractivity contribution in [3.05, 3.63) is 23.3 Å². The van der Waals surface area contributed by atoms with Crippen molar-refractivity contribution >= 4 is 15.9 Å². The summed E-state index contributed by atoms with van der Waals surface area (Å²) in [7, 11) is -2.45. The van der Waals surface area contributed by atoms with Gasteiger partial charge in [0.25, 0.3) is 0 Å². The van der Waals surface area contributed by atoms with Crippen LogP contribution in [-0.2, 0) is 14.8 Å². The molecule has 0 bridgehead atoms. The second-order valence-electron chi connectivity index (χ2n) is 7.32. The van der Waals surface area contributed by atoms with E-state index in [2.05, 4.69) is 4.72 Å². The van der Waals surface area contributed by atoms with Crippen molar-refractivity contribution in [3.8, 4) is 5.75 Å². The molecule has 26 heavy (non-hydrogen) atoms. The number of ether oxygens (including phenoxy) is 1. The molecule has 6 nitrogen and oxygen atoms in total. The molecule has 1 atom stereocenters. The van der Waals surface area contributed by atoms with Gasteiger partial charge in [-0.15, -0.1) is 0 Å². The predicted octanol–water partition coefficient (Wildman–Crippen LogP) is 2.63. The first-order valence-electron chi connectivity index (χ1n) is 9.13. The fraction of sp³-hybridized carbons (Fsp3) is 0.632. The monoisotopic (exact) mass is 382 g/mol. The van der Waals surface area contributed by atoms with Crippen LogP contribution in [0.4, 0.5) is 0 Å². The summed E-state index contributed by atoms with van der Waals surface area (Å²) in [6.45, 7) is 8.85. The minimum atomic E-state index is -3.89. The van der Waals surface area contributed by atoms with Crippen LogP contribution >= 0.6 is 0 Å². The highest BCUT2D eigenvalue weighted by atomic mass is 32.2. The Labute approximate surface area is 157 Å². The Morgan fingerprint density at radius 2 is 1.69 bits per heavy atom. The third-order valence-corrected chi connectivity index (χ3v) is 6.41. The molecular weight excluding hydrogens is 352 g/mol. The van der Waals surface area contributed by atoms with Crippen LogP contribution < -0.4 is 9.46 Å². The van der Waals surface area contributed by atoms with Crippen molar-refractivity contribution in [2.45, 2.75) is 57.9 Å². The second-order valence-corrected chi connectivity index (χ2v) is 9.00. The highest BCUT2D eigenvalue weighted by Crippen LogP contribution is 2.28. The number of sulfonamides is 1. The lowest BCUT2D eigenvalue weighted by Gasteiger charge is -2.32. The molecular formula is C19H30N2O4S. The van der Waals surface area contributed by atoms with Crippen molar-refractivity contribution in [2.24, 2.45) is 5.92 Å². The number of rotatable bonds is 6. The molecule has 0 saturated carbocycles. The molecule has 0 spiro atoms. The summed E-state index contributed by atoms with van der Waals surface area (Å²) in [5, 5.41) is 0. The molecule has 1 aliphatic rings. The van der Waals surface area contributed by atoms with Gasteiger partial charge in [0.2, 0.25) is 15.9 Å². The molecule has 7 heteroatoms. The first-order chi connectivity index (χ1) is 12.2. The Morgan fingerprint density at radius 3 is 2.23 bits per heavy atom. The second kappa shape index (κ2) is 8.39. The summed E-state index contributed by atoms with van der Waals surface area (Å²) in [6.07, 6.45) is 3.05. The lowest BCUT2D eigenvalue weighted by Crippen LogP contribution is -2.52. The van der Waals surface area contributed by atoms with E-state index in [0.717, 1.165) is 30.4 Å². The molecule has 1 aliphatic heterocycles. The minimum absolute atomic E-state index is 0.0696. The van der Waals surface area contributed by atoms with E-state index in [4.69, 9.17) is 4.74 Å². The number of nitrogens with zero attached hydrogens (tertiary/aromatic N) is 1. The van der Waals surface area contributed by atoms with Gasteiger partial charge < -0.3 is 9.64 Å². The lowest BCUT2D eigenvalue weighted by atomic mass is 10.0. The normalized spacial score (nSPS) is 16.6. The zero-order valence-corrected chi connectivity index (χ0v) is 17.1. The van der Waals surface area contributed by atoms with E-state index in [0.29, 0.717) is 13.1 Å². The van der Waals surface area contributed by atoms with Crippen molar-refractivity contribution in [1.82, 2.24) is 9.62 Å². The predicted molar refractivity (Wildman–Crippen MR) is 102 cm³/mol. The molecule has 0 radical (unpaired) electrons. The molecule has 1 fully saturated rings. The van der Waals surface area contributed by atoms with Crippen molar-refractivity contribution in [3.63, 3.8) is 0 Å². The molecule has 1 N–H and O–H groups in total. The molecule has 1 heterocycles. The molecule has 0 unspecified atom stereocenters. The number of hydrogen-bond acceptors (Lipinski definition) is 4. The molecule has 1 aromatic carbocycles. The Morgan fingerprint density at radius 1 is 1.12 bits per heavy atom. The maximum atomic E-state index is 13.0. The van der Waals surface area contributed by atoms with E-state index in [1.807, 2.05) is 27.7 Å². The smallest absolute Gasteiger partial charge is 0.244 e. The van der Waals surface area contributed by atoms with Gasteiger partial charge in [0.15, 0.2) is 0 Å². The van der Waals surface area contributed by atoms with E-state index in [9.17, 15) is 13.2 Å². The fourth-order valence-electron chi connectivity index (χ4n) is 3.15. The van der Waals surface area contributed by atoms with Crippen LogP contribution in [0.5, 0.6) is 5.75 Å². The summed E-state index contributed by atoms with van der Waals surface area (Å²) < 4.78 is 33.9. The summed E-state index contributed by atoms with van der Waals surface area (Å²) in [4.78, 5) is 14.7. The average molecular weight is 383 g/mol. The molecule has 1 aromatic rings. The topological polar surface area (TPSA) is 75.7 Å². The van der Waals surface area contributed by atoms with Crippen molar-refractivity contribution < 1.29 is 17.9 Å². The molecule has 146 valence electrons. The van der Waals surface area contributed by atoms with Gasteiger partial charge in [-0.25, -0.2) is 8.42 Å². The lowest BCUT2D eigenvalue weighted by molar-refractivity contribution is -0.134. The summed E-state index contributed by atoms with van der Waals surface area (Å²) >= 11 is 0. The van der Waals surface area contributed by atoms with Gasteiger partial charge >= 0.3 is 0 Å². The Hall–Kier alpha value is -1.60. The van der Waals surface area contributed by atoms with Gasteiger partial charge in [-0.1, -0.05) is 13.8 Å². The zero-order valence-electron chi connectivity index (χ0n) is 16.3. The average Bonchev–Trinajstić information content (AvgIpc) is 2.61. The standard InChI is InChI=1S/C19H30N2O4S/c1-13(2)18(19(22)21-9-7-6-8-10-21)20-26(23,24)17-12-15(4)14(3)11-16(17)25-5/h11-13,18,20H,6-10H2,1-5H3/t18-/m0/s1. The molecule has 1 saturated heterocycles. The van der Waals surface area contributed by atoms with E-state index in [-0.39, 0.29) is 22.5 Å². The van der Waals surface area contributed by atoms with Crippen molar-refractivity contribution in [1.29, 1.82) is 0 Å². The van der Waals surface area contributed by atoms with Crippen LogP contribution in [0.25, 0.3) is 0 Å². The number of aryl methyl sites for hydroxylation is 2. The number of hydrogen-bond donors (Lipinski definition) is 1. The van der Waals surface area contributed by atoms with Crippen LogP contribution in [-0.4, -0.2) is 45.5 Å². The summed E-state index contributed by atoms with van der Waals surface area (Å²) in [5.74, 6) is -0.0173. The number of nitrogens with one attached hydrogen (secondary N) is 1. The fourth-order valence-corrected chi connectivity index (χ4v) is 4.72.